The van der Waals surface area contributed by atoms with Crippen LogP contribution in [0.4, 0.5) is 0 Å². The molecule has 6 nitrogen and oxygen atoms in total. The Morgan fingerprint density at radius 2 is 0.705 bits per heavy atom. The van der Waals surface area contributed by atoms with Crippen molar-refractivity contribution in [2.45, 2.75) is 233 Å². The van der Waals surface area contributed by atoms with Crippen molar-refractivity contribution in [1.82, 2.24) is 0 Å². The van der Waals surface area contributed by atoms with E-state index in [2.05, 4.69) is 30.3 Å². The molecule has 0 heterocycles. The second-order valence-electron chi connectivity index (χ2n) is 18.1. The van der Waals surface area contributed by atoms with Crippen LogP contribution in [-0.4, -0.2) is 37.4 Å². The van der Waals surface area contributed by atoms with Crippen molar-refractivity contribution in [2.24, 2.45) is 0 Å². The topological polar surface area (TPSA) is 71.1 Å². The van der Waals surface area contributed by atoms with Crippen molar-refractivity contribution >= 4 is 45.1 Å². The molecule has 3 aromatic carbocycles. The van der Waals surface area contributed by atoms with Crippen LogP contribution in [0.1, 0.15) is 220 Å². The number of rotatable bonds is 38. The molecule has 0 saturated carbocycles. The van der Waals surface area contributed by atoms with E-state index in [-0.39, 0.29) is 24.1 Å². The lowest BCUT2D eigenvalue weighted by Gasteiger charge is -2.18. The van der Waals surface area contributed by atoms with Crippen molar-refractivity contribution < 1.29 is 28.5 Å². The third kappa shape index (κ3) is 23.9. The van der Waals surface area contributed by atoms with Crippen LogP contribution in [0.3, 0.4) is 0 Å². The quantitative estimate of drug-likeness (QED) is 0.0325. The molecular weight excluding hydrogens is 780 g/mol. The van der Waals surface area contributed by atoms with Gasteiger partial charge in [0.1, 0.15) is 11.5 Å². The van der Waals surface area contributed by atoms with Crippen LogP contribution in [0.5, 0.6) is 11.5 Å². The molecule has 0 amide bonds. The van der Waals surface area contributed by atoms with Crippen molar-refractivity contribution in [3.8, 4) is 11.5 Å². The van der Waals surface area contributed by atoms with Gasteiger partial charge in [0, 0.05) is 39.4 Å². The van der Waals surface area contributed by atoms with Crippen LogP contribution < -0.4 is 9.47 Å². The number of carbonyl (C=O) groups is 2. The van der Waals surface area contributed by atoms with E-state index in [1.165, 1.54) is 141 Å². The zero-order chi connectivity index (χ0) is 43.8. The number of unbranched alkanes of at least 4 members (excludes halogenated alkanes) is 26. The third-order valence-electron chi connectivity index (χ3n) is 11.7. The Bertz CT molecular complexity index is 1600. The van der Waals surface area contributed by atoms with E-state index in [9.17, 15) is 9.59 Å². The number of halogens is 1. The van der Waals surface area contributed by atoms with E-state index >= 15 is 0 Å². The summed E-state index contributed by atoms with van der Waals surface area (Å²) in [4.78, 5) is 23.2. The van der Waals surface area contributed by atoms with Gasteiger partial charge in [0.2, 0.25) is 0 Å². The molecule has 61 heavy (non-hydrogen) atoms. The molecule has 0 bridgehead atoms. The third-order valence-corrected chi connectivity index (χ3v) is 11.9. The molecule has 0 aliphatic carbocycles. The van der Waals surface area contributed by atoms with Crippen LogP contribution in [0, 0.1) is 0 Å². The van der Waals surface area contributed by atoms with Crippen LogP contribution in [-0.2, 0) is 19.1 Å². The van der Waals surface area contributed by atoms with Crippen molar-refractivity contribution in [3.05, 3.63) is 47.5 Å². The normalized spacial score (nSPS) is 11.6. The highest BCUT2D eigenvalue weighted by Gasteiger charge is 2.17. The molecule has 0 fully saturated rings. The molecule has 0 atom stereocenters. The summed E-state index contributed by atoms with van der Waals surface area (Å²) in [5.41, 5.74) is 0. The van der Waals surface area contributed by atoms with Crippen molar-refractivity contribution in [1.29, 1.82) is 0 Å². The maximum absolute atomic E-state index is 11.6. The van der Waals surface area contributed by atoms with Gasteiger partial charge in [-0.15, -0.1) is 0 Å². The molecule has 0 radical (unpaired) electrons. The van der Waals surface area contributed by atoms with Gasteiger partial charge in [0.25, 0.3) is 0 Å². The van der Waals surface area contributed by atoms with Gasteiger partial charge in [-0.2, -0.15) is 0 Å². The number of esters is 2. The second kappa shape index (κ2) is 33.6. The molecular formula is C54H85ClO6. The Hall–Kier alpha value is -2.99. The van der Waals surface area contributed by atoms with E-state index in [1.54, 1.807) is 0 Å². The fraction of sp³-hybridized carbons (Fsp3) is 0.704. The Morgan fingerprint density at radius 1 is 0.410 bits per heavy atom. The molecule has 0 aliphatic heterocycles. The number of hydrogen-bond donors (Lipinski definition) is 0. The molecule has 0 aliphatic rings. The highest BCUT2D eigenvalue weighted by atomic mass is 35.5. The minimum atomic E-state index is -0.0518. The van der Waals surface area contributed by atoms with Gasteiger partial charge in [-0.05, 0) is 71.6 Å². The molecule has 0 saturated heterocycles. The van der Waals surface area contributed by atoms with E-state index in [0.29, 0.717) is 31.1 Å². The number of benzene rings is 3. The second-order valence-corrected chi connectivity index (χ2v) is 18.5. The number of hydrogen-bond acceptors (Lipinski definition) is 6. The standard InChI is InChI=1S/C54H85ClO6/c1-44(2)60-51(56)37-29-25-21-17-13-9-5-7-11-15-19-23-27-33-41-58-53-47-35-31-32-36-48(47)54(50-43-46(55)39-40-49(50)53)59-42-34-28-24-20-16-12-8-6-10-14-18-22-26-30-38-52(57)61-45(3)4/h31-32,35-36,39-40,43-45H,5-30,33-34,37-38,41-42H2,1-4H3. The Labute approximate surface area is 376 Å². The zero-order valence-electron chi connectivity index (χ0n) is 39.2. The molecule has 0 spiro atoms. The van der Waals surface area contributed by atoms with Crippen molar-refractivity contribution in [2.75, 3.05) is 13.2 Å². The lowest BCUT2D eigenvalue weighted by molar-refractivity contribution is -0.148. The van der Waals surface area contributed by atoms with Gasteiger partial charge in [-0.25, -0.2) is 0 Å². The van der Waals surface area contributed by atoms with Gasteiger partial charge in [0.05, 0.1) is 25.4 Å². The lowest BCUT2D eigenvalue weighted by Crippen LogP contribution is -2.10. The number of ether oxygens (including phenoxy) is 4. The van der Waals surface area contributed by atoms with Gasteiger partial charge in [-0.3, -0.25) is 9.59 Å². The zero-order valence-corrected chi connectivity index (χ0v) is 39.9. The summed E-state index contributed by atoms with van der Waals surface area (Å²) < 4.78 is 23.6. The molecule has 344 valence electrons. The van der Waals surface area contributed by atoms with Gasteiger partial charge >= 0.3 is 11.9 Å². The molecule has 3 rings (SSSR count). The summed E-state index contributed by atoms with van der Waals surface area (Å²) >= 11 is 6.57. The number of fused-ring (bicyclic) bond motifs is 2. The largest absolute Gasteiger partial charge is 0.492 e. The molecule has 3 aromatic rings. The monoisotopic (exact) mass is 865 g/mol. The summed E-state index contributed by atoms with van der Waals surface area (Å²) in [6.07, 6.45) is 36.0. The summed E-state index contributed by atoms with van der Waals surface area (Å²) in [5, 5.41) is 5.02. The summed E-state index contributed by atoms with van der Waals surface area (Å²) in [6, 6.07) is 14.6. The van der Waals surface area contributed by atoms with E-state index in [4.69, 9.17) is 30.5 Å². The maximum Gasteiger partial charge on any atom is 0.306 e. The lowest BCUT2D eigenvalue weighted by atomic mass is 10.0. The summed E-state index contributed by atoms with van der Waals surface area (Å²) in [6.45, 7) is 9.04. The van der Waals surface area contributed by atoms with Crippen LogP contribution in [0.15, 0.2) is 42.5 Å². The Balaban J connectivity index is 1.24. The highest BCUT2D eigenvalue weighted by molar-refractivity contribution is 6.31. The molecule has 0 unspecified atom stereocenters. The Kier molecular flexibility index (Phi) is 28.8. The van der Waals surface area contributed by atoms with Crippen molar-refractivity contribution in [3.63, 3.8) is 0 Å². The number of carbonyl (C=O) groups excluding carboxylic acids is 2. The first-order chi connectivity index (χ1) is 29.8. The van der Waals surface area contributed by atoms with Gasteiger partial charge in [0.15, 0.2) is 0 Å². The van der Waals surface area contributed by atoms with E-state index in [0.717, 1.165) is 71.6 Å². The Morgan fingerprint density at radius 3 is 1.05 bits per heavy atom. The first-order valence-corrected chi connectivity index (χ1v) is 25.4. The first kappa shape index (κ1) is 52.4. The maximum atomic E-state index is 11.6. The minimum Gasteiger partial charge on any atom is -0.492 e. The fourth-order valence-electron chi connectivity index (χ4n) is 8.36. The average molecular weight is 866 g/mol. The van der Waals surface area contributed by atoms with E-state index < -0.39 is 0 Å². The predicted molar refractivity (Wildman–Crippen MR) is 258 cm³/mol. The highest BCUT2D eigenvalue weighted by Crippen LogP contribution is 2.44. The van der Waals surface area contributed by atoms with Crippen LogP contribution in [0.2, 0.25) is 5.02 Å². The SMILES string of the molecule is CC(C)OC(=O)CCCCCCCCCCCCCCCCOc1c2ccccc2c(OCCCCCCCCCCCCCCCCC(=O)OC(C)C)c2cc(Cl)ccc12. The summed E-state index contributed by atoms with van der Waals surface area (Å²) in [7, 11) is 0. The van der Waals surface area contributed by atoms with Crippen LogP contribution >= 0.6 is 11.6 Å². The molecule has 0 aromatic heterocycles. The summed E-state index contributed by atoms with van der Waals surface area (Å²) in [5.74, 6) is 1.76. The van der Waals surface area contributed by atoms with Gasteiger partial charge in [-0.1, -0.05) is 190 Å². The molecule has 0 N–H and O–H groups in total. The molecule has 7 heteroatoms. The smallest absolute Gasteiger partial charge is 0.306 e. The van der Waals surface area contributed by atoms with E-state index in [1.807, 2.05) is 39.8 Å². The first-order valence-electron chi connectivity index (χ1n) is 25.0. The average Bonchev–Trinajstić information content (AvgIpc) is 3.22. The predicted octanol–water partition coefficient (Wildman–Crippen LogP) is 17.0. The van der Waals surface area contributed by atoms with Crippen LogP contribution in [0.25, 0.3) is 21.5 Å². The van der Waals surface area contributed by atoms with Gasteiger partial charge < -0.3 is 18.9 Å². The fourth-order valence-corrected chi connectivity index (χ4v) is 8.53. The minimum absolute atomic E-state index is 0.00495.